The van der Waals surface area contributed by atoms with Gasteiger partial charge in [-0.3, -0.25) is 9.20 Å². The van der Waals surface area contributed by atoms with Crippen LogP contribution in [0, 0.1) is 0 Å². The molecule has 0 amide bonds. The van der Waals surface area contributed by atoms with Gasteiger partial charge in [0.2, 0.25) is 0 Å². The van der Waals surface area contributed by atoms with Crippen molar-refractivity contribution in [3.63, 3.8) is 0 Å². The van der Waals surface area contributed by atoms with Crippen LogP contribution in [-0.2, 0) is 0 Å². The number of benzene rings is 1. The molecule has 0 bridgehead atoms. The Bertz CT molecular complexity index is 730. The molecule has 0 aliphatic rings. The fraction of sp³-hybridized carbons (Fsp3) is 0.143. The van der Waals surface area contributed by atoms with Crippen LogP contribution < -0.4 is 4.74 Å². The number of thiazole rings is 1. The zero-order chi connectivity index (χ0) is 13.2. The summed E-state index contributed by atoms with van der Waals surface area (Å²) < 4.78 is 7.28. The lowest BCUT2D eigenvalue weighted by Gasteiger charge is -2.04. The molecule has 19 heavy (non-hydrogen) atoms. The number of hydrogen-bond donors (Lipinski definition) is 0. The lowest BCUT2D eigenvalue weighted by atomic mass is 10.1. The predicted molar refractivity (Wildman–Crippen MR) is 75.1 cm³/mol. The Morgan fingerprint density at radius 1 is 1.47 bits per heavy atom. The van der Waals surface area contributed by atoms with E-state index >= 15 is 0 Å². The highest BCUT2D eigenvalue weighted by molar-refractivity contribution is 7.15. The normalized spacial score (nSPS) is 10.8. The maximum Gasteiger partial charge on any atom is 0.194 e. The largest absolute Gasteiger partial charge is 0.494 e. The number of hydrogen-bond acceptors (Lipinski definition) is 4. The molecule has 0 fully saturated rings. The molecular weight excluding hydrogens is 260 g/mol. The highest BCUT2D eigenvalue weighted by atomic mass is 32.1. The molecule has 3 aromatic rings. The van der Waals surface area contributed by atoms with Gasteiger partial charge in [0.15, 0.2) is 11.2 Å². The number of carbonyl (C=O) groups is 1. The minimum Gasteiger partial charge on any atom is -0.494 e. The highest BCUT2D eigenvalue weighted by Gasteiger charge is 2.14. The fourth-order valence-corrected chi connectivity index (χ4v) is 2.75. The molecule has 0 atom stereocenters. The first-order valence-electron chi connectivity index (χ1n) is 5.97. The van der Waals surface area contributed by atoms with Crippen molar-refractivity contribution in [2.24, 2.45) is 0 Å². The van der Waals surface area contributed by atoms with Crippen LogP contribution in [0.2, 0.25) is 0 Å². The zero-order valence-electron chi connectivity index (χ0n) is 10.4. The van der Waals surface area contributed by atoms with E-state index in [9.17, 15) is 4.79 Å². The van der Waals surface area contributed by atoms with Gasteiger partial charge in [-0.15, -0.1) is 11.3 Å². The van der Waals surface area contributed by atoms with Crippen molar-refractivity contribution in [3.05, 3.63) is 41.5 Å². The number of nitrogens with zero attached hydrogens (tertiary/aromatic N) is 2. The lowest BCUT2D eigenvalue weighted by Crippen LogP contribution is -1.93. The standard InChI is InChI=1S/C14H12N2O2S/c1-2-18-11-5-3-4-10(8-11)13-12(9-17)16-6-7-19-14(16)15-13/h3-9H,2H2,1H3. The Hall–Kier alpha value is -2.14. The predicted octanol–water partition coefficient (Wildman–Crippen LogP) is 3.27. The van der Waals surface area contributed by atoms with Gasteiger partial charge in [0.25, 0.3) is 0 Å². The number of imidazole rings is 1. The molecule has 1 aromatic carbocycles. The van der Waals surface area contributed by atoms with Crippen molar-refractivity contribution >= 4 is 22.6 Å². The summed E-state index contributed by atoms with van der Waals surface area (Å²) in [4.78, 5) is 16.6. The Morgan fingerprint density at radius 3 is 3.16 bits per heavy atom. The Morgan fingerprint density at radius 2 is 2.37 bits per heavy atom. The summed E-state index contributed by atoms with van der Waals surface area (Å²) >= 11 is 1.51. The van der Waals surface area contributed by atoms with Gasteiger partial charge in [0.1, 0.15) is 17.1 Å². The second-order valence-electron chi connectivity index (χ2n) is 3.98. The smallest absolute Gasteiger partial charge is 0.194 e. The van der Waals surface area contributed by atoms with E-state index in [1.165, 1.54) is 11.3 Å². The van der Waals surface area contributed by atoms with E-state index in [2.05, 4.69) is 4.98 Å². The summed E-state index contributed by atoms with van der Waals surface area (Å²) in [7, 11) is 0. The van der Waals surface area contributed by atoms with Gasteiger partial charge >= 0.3 is 0 Å². The number of aldehydes is 1. The lowest BCUT2D eigenvalue weighted by molar-refractivity contribution is 0.111. The van der Waals surface area contributed by atoms with Crippen LogP contribution in [0.1, 0.15) is 17.4 Å². The second kappa shape index (κ2) is 4.85. The van der Waals surface area contributed by atoms with Gasteiger partial charge in [0.05, 0.1) is 6.61 Å². The van der Waals surface area contributed by atoms with Crippen LogP contribution in [-0.4, -0.2) is 22.3 Å². The number of rotatable bonds is 4. The molecule has 2 heterocycles. The van der Waals surface area contributed by atoms with Crippen LogP contribution in [0.4, 0.5) is 0 Å². The summed E-state index contributed by atoms with van der Waals surface area (Å²) in [6, 6.07) is 7.64. The molecule has 0 saturated heterocycles. The molecule has 0 aliphatic carbocycles. The monoisotopic (exact) mass is 272 g/mol. The molecule has 0 saturated carbocycles. The zero-order valence-corrected chi connectivity index (χ0v) is 11.2. The van der Waals surface area contributed by atoms with Crippen LogP contribution in [0.25, 0.3) is 16.2 Å². The summed E-state index contributed by atoms with van der Waals surface area (Å²) in [5.41, 5.74) is 2.16. The third-order valence-corrected chi connectivity index (χ3v) is 3.59. The molecular formula is C14H12N2O2S. The maximum absolute atomic E-state index is 11.3. The Labute approximate surface area is 114 Å². The summed E-state index contributed by atoms with van der Waals surface area (Å²) in [5, 5.41) is 1.91. The van der Waals surface area contributed by atoms with Crippen molar-refractivity contribution < 1.29 is 9.53 Å². The molecule has 2 aromatic heterocycles. The molecule has 5 heteroatoms. The van der Waals surface area contributed by atoms with Crippen molar-refractivity contribution in [2.75, 3.05) is 6.61 Å². The van der Waals surface area contributed by atoms with Crippen LogP contribution in [0.15, 0.2) is 35.8 Å². The van der Waals surface area contributed by atoms with Crippen molar-refractivity contribution in [2.45, 2.75) is 6.92 Å². The van der Waals surface area contributed by atoms with Crippen molar-refractivity contribution in [1.82, 2.24) is 9.38 Å². The van der Waals surface area contributed by atoms with Gasteiger partial charge < -0.3 is 4.74 Å². The SMILES string of the molecule is CCOc1cccc(-c2nc3sccn3c2C=O)c1. The molecule has 0 unspecified atom stereocenters. The Kier molecular flexibility index (Phi) is 3.05. The third kappa shape index (κ3) is 2.02. The van der Waals surface area contributed by atoms with E-state index in [1.807, 2.05) is 42.8 Å². The molecule has 0 N–H and O–H groups in total. The van der Waals surface area contributed by atoms with Crippen LogP contribution in [0.5, 0.6) is 5.75 Å². The summed E-state index contributed by atoms with van der Waals surface area (Å²) in [6.45, 7) is 2.55. The first kappa shape index (κ1) is 11.9. The van der Waals surface area contributed by atoms with E-state index in [1.54, 1.807) is 4.40 Å². The summed E-state index contributed by atoms with van der Waals surface area (Å²) in [5.74, 6) is 0.785. The number of fused-ring (bicyclic) bond motifs is 1. The van der Waals surface area contributed by atoms with Crippen LogP contribution >= 0.6 is 11.3 Å². The van der Waals surface area contributed by atoms with Gasteiger partial charge in [0, 0.05) is 17.1 Å². The van der Waals surface area contributed by atoms with E-state index in [4.69, 9.17) is 4.74 Å². The topological polar surface area (TPSA) is 43.6 Å². The molecule has 4 nitrogen and oxygen atoms in total. The second-order valence-corrected chi connectivity index (χ2v) is 4.85. The number of aromatic nitrogens is 2. The van der Waals surface area contributed by atoms with Gasteiger partial charge in [-0.25, -0.2) is 4.98 Å². The van der Waals surface area contributed by atoms with E-state index in [0.717, 1.165) is 22.6 Å². The Balaban J connectivity index is 2.15. The minimum atomic E-state index is 0.574. The number of carbonyl (C=O) groups excluding carboxylic acids is 1. The van der Waals surface area contributed by atoms with Gasteiger partial charge in [-0.1, -0.05) is 12.1 Å². The molecule has 96 valence electrons. The van der Waals surface area contributed by atoms with E-state index in [0.29, 0.717) is 18.0 Å². The first-order valence-corrected chi connectivity index (χ1v) is 6.85. The maximum atomic E-state index is 11.3. The molecule has 0 spiro atoms. The third-order valence-electron chi connectivity index (χ3n) is 2.83. The molecule has 0 radical (unpaired) electrons. The highest BCUT2D eigenvalue weighted by Crippen LogP contribution is 2.28. The quantitative estimate of drug-likeness (QED) is 0.685. The van der Waals surface area contributed by atoms with E-state index < -0.39 is 0 Å². The first-order chi connectivity index (χ1) is 9.33. The van der Waals surface area contributed by atoms with Gasteiger partial charge in [-0.2, -0.15) is 0 Å². The van der Waals surface area contributed by atoms with E-state index in [-0.39, 0.29) is 0 Å². The average molecular weight is 272 g/mol. The summed E-state index contributed by atoms with van der Waals surface area (Å²) in [6.07, 6.45) is 2.70. The minimum absolute atomic E-state index is 0.574. The van der Waals surface area contributed by atoms with Crippen LogP contribution in [0.3, 0.4) is 0 Å². The fourth-order valence-electron chi connectivity index (χ4n) is 2.03. The number of ether oxygens (including phenoxy) is 1. The van der Waals surface area contributed by atoms with Gasteiger partial charge in [-0.05, 0) is 19.1 Å². The molecule has 0 aliphatic heterocycles. The molecule has 3 rings (SSSR count). The van der Waals surface area contributed by atoms with Crippen molar-refractivity contribution in [1.29, 1.82) is 0 Å². The average Bonchev–Trinajstić information content (AvgIpc) is 2.99. The van der Waals surface area contributed by atoms with Crippen molar-refractivity contribution in [3.8, 4) is 17.0 Å².